The molecule has 0 radical (unpaired) electrons. The molecule has 2 saturated heterocycles. The Balaban J connectivity index is 1.64. The van der Waals surface area contributed by atoms with E-state index in [4.69, 9.17) is 14.2 Å². The summed E-state index contributed by atoms with van der Waals surface area (Å²) in [6.45, 7) is 5.23. The van der Waals surface area contributed by atoms with Crippen LogP contribution in [0.3, 0.4) is 0 Å². The lowest BCUT2D eigenvalue weighted by atomic mass is 10.2. The van der Waals surface area contributed by atoms with Crippen molar-refractivity contribution < 1.29 is 19.0 Å². The Morgan fingerprint density at radius 3 is 2.20 bits per heavy atom. The molecule has 1 aromatic carbocycles. The number of carbonyl (C=O) groups is 1. The SMILES string of the molecule is CCC(=O)Oc1ccc(N(CC2CO2)CC2CO2)cc1. The van der Waals surface area contributed by atoms with Crippen molar-refractivity contribution in [3.8, 4) is 5.75 Å². The maximum Gasteiger partial charge on any atom is 0.310 e. The van der Waals surface area contributed by atoms with Gasteiger partial charge in [0.2, 0.25) is 0 Å². The molecule has 0 saturated carbocycles. The molecule has 2 atom stereocenters. The first-order chi connectivity index (χ1) is 9.74. The van der Waals surface area contributed by atoms with Crippen LogP contribution in [0.15, 0.2) is 24.3 Å². The van der Waals surface area contributed by atoms with Gasteiger partial charge in [-0.25, -0.2) is 0 Å². The highest BCUT2D eigenvalue weighted by Crippen LogP contribution is 2.24. The van der Waals surface area contributed by atoms with Gasteiger partial charge in [-0.1, -0.05) is 6.92 Å². The Labute approximate surface area is 118 Å². The van der Waals surface area contributed by atoms with Gasteiger partial charge in [-0.2, -0.15) is 0 Å². The summed E-state index contributed by atoms with van der Waals surface area (Å²) in [5.41, 5.74) is 1.10. The predicted octanol–water partition coefficient (Wildman–Crippen LogP) is 1.61. The van der Waals surface area contributed by atoms with Crippen LogP contribution in [-0.2, 0) is 14.3 Å². The minimum Gasteiger partial charge on any atom is -0.427 e. The fourth-order valence-electron chi connectivity index (χ4n) is 2.05. The molecule has 0 N–H and O–H groups in total. The topological polar surface area (TPSA) is 54.6 Å². The zero-order valence-corrected chi connectivity index (χ0v) is 11.6. The van der Waals surface area contributed by atoms with Crippen LogP contribution in [0.1, 0.15) is 13.3 Å². The molecular formula is C15H19NO4. The van der Waals surface area contributed by atoms with E-state index in [0.29, 0.717) is 24.4 Å². The lowest BCUT2D eigenvalue weighted by Gasteiger charge is -2.23. The minimum atomic E-state index is -0.215. The van der Waals surface area contributed by atoms with Crippen molar-refractivity contribution in [2.45, 2.75) is 25.6 Å². The lowest BCUT2D eigenvalue weighted by Crippen LogP contribution is -2.31. The maximum atomic E-state index is 11.2. The Morgan fingerprint density at radius 1 is 1.20 bits per heavy atom. The summed E-state index contributed by atoms with van der Waals surface area (Å²) in [7, 11) is 0. The Morgan fingerprint density at radius 2 is 1.75 bits per heavy atom. The van der Waals surface area contributed by atoms with Crippen molar-refractivity contribution in [1.82, 2.24) is 0 Å². The van der Waals surface area contributed by atoms with Crippen LogP contribution in [0.4, 0.5) is 5.69 Å². The molecule has 5 heteroatoms. The minimum absolute atomic E-state index is 0.215. The van der Waals surface area contributed by atoms with E-state index in [-0.39, 0.29) is 5.97 Å². The molecule has 0 spiro atoms. The third kappa shape index (κ3) is 3.71. The number of anilines is 1. The Kier molecular flexibility index (Phi) is 3.89. The number of carbonyl (C=O) groups excluding carboxylic acids is 1. The van der Waals surface area contributed by atoms with Gasteiger partial charge in [-0.05, 0) is 24.3 Å². The van der Waals surface area contributed by atoms with Gasteiger partial charge in [0.15, 0.2) is 0 Å². The van der Waals surface area contributed by atoms with E-state index in [1.54, 1.807) is 6.92 Å². The smallest absolute Gasteiger partial charge is 0.310 e. The molecule has 20 heavy (non-hydrogen) atoms. The number of benzene rings is 1. The Bertz CT molecular complexity index is 451. The fourth-order valence-corrected chi connectivity index (χ4v) is 2.05. The lowest BCUT2D eigenvalue weighted by molar-refractivity contribution is -0.134. The van der Waals surface area contributed by atoms with Crippen LogP contribution in [-0.4, -0.2) is 44.5 Å². The third-order valence-corrected chi connectivity index (χ3v) is 3.38. The van der Waals surface area contributed by atoms with Crippen molar-refractivity contribution >= 4 is 11.7 Å². The van der Waals surface area contributed by atoms with Crippen molar-refractivity contribution in [3.63, 3.8) is 0 Å². The summed E-state index contributed by atoms with van der Waals surface area (Å²) in [4.78, 5) is 13.5. The van der Waals surface area contributed by atoms with Gasteiger partial charge in [0.25, 0.3) is 0 Å². The summed E-state index contributed by atoms with van der Waals surface area (Å²) >= 11 is 0. The highest BCUT2D eigenvalue weighted by molar-refractivity contribution is 5.72. The van der Waals surface area contributed by atoms with Gasteiger partial charge in [-0.3, -0.25) is 4.79 Å². The molecule has 2 fully saturated rings. The molecule has 2 aliphatic rings. The van der Waals surface area contributed by atoms with Crippen molar-refractivity contribution in [1.29, 1.82) is 0 Å². The van der Waals surface area contributed by atoms with E-state index in [2.05, 4.69) is 4.90 Å². The van der Waals surface area contributed by atoms with Crippen molar-refractivity contribution in [2.75, 3.05) is 31.2 Å². The highest BCUT2D eigenvalue weighted by Gasteiger charge is 2.30. The summed E-state index contributed by atoms with van der Waals surface area (Å²) in [6.07, 6.45) is 1.06. The molecule has 3 rings (SSSR count). The number of esters is 1. The molecule has 5 nitrogen and oxygen atoms in total. The van der Waals surface area contributed by atoms with Gasteiger partial charge in [0, 0.05) is 25.2 Å². The summed E-state index contributed by atoms with van der Waals surface area (Å²) in [6, 6.07) is 7.61. The van der Waals surface area contributed by atoms with Gasteiger partial charge in [0.05, 0.1) is 25.4 Å². The molecular weight excluding hydrogens is 258 g/mol. The normalized spacial score (nSPS) is 23.2. The molecule has 0 aliphatic carbocycles. The number of ether oxygens (including phenoxy) is 3. The molecule has 0 amide bonds. The molecule has 108 valence electrons. The average Bonchev–Trinajstić information content (AvgIpc) is 3.34. The van der Waals surface area contributed by atoms with Crippen LogP contribution in [0.5, 0.6) is 5.75 Å². The largest absolute Gasteiger partial charge is 0.427 e. The highest BCUT2D eigenvalue weighted by atomic mass is 16.6. The number of nitrogens with zero attached hydrogens (tertiary/aromatic N) is 1. The van der Waals surface area contributed by atoms with Crippen molar-refractivity contribution in [2.24, 2.45) is 0 Å². The summed E-state index contributed by atoms with van der Waals surface area (Å²) in [5, 5.41) is 0. The molecule has 2 aliphatic heterocycles. The molecule has 0 aromatic heterocycles. The first-order valence-electron chi connectivity index (χ1n) is 7.03. The first-order valence-corrected chi connectivity index (χ1v) is 7.03. The van der Waals surface area contributed by atoms with Crippen molar-refractivity contribution in [3.05, 3.63) is 24.3 Å². The van der Waals surface area contributed by atoms with E-state index in [1.165, 1.54) is 0 Å². The molecule has 2 unspecified atom stereocenters. The van der Waals surface area contributed by atoms with Gasteiger partial charge < -0.3 is 19.1 Å². The number of epoxide rings is 2. The van der Waals surface area contributed by atoms with E-state index >= 15 is 0 Å². The number of hydrogen-bond acceptors (Lipinski definition) is 5. The van der Waals surface area contributed by atoms with E-state index in [1.807, 2.05) is 24.3 Å². The standard InChI is InChI=1S/C15H19NO4/c1-2-15(17)20-12-5-3-11(4-6-12)16(7-13-9-18-13)8-14-10-19-14/h3-6,13-14H,2,7-10H2,1H3. The van der Waals surface area contributed by atoms with E-state index in [9.17, 15) is 4.79 Å². The van der Waals surface area contributed by atoms with Gasteiger partial charge in [-0.15, -0.1) is 0 Å². The first kappa shape index (κ1) is 13.4. The summed E-state index contributed by atoms with van der Waals surface area (Å²) in [5.74, 6) is 0.373. The van der Waals surface area contributed by atoms with Crippen LogP contribution in [0, 0.1) is 0 Å². The maximum absolute atomic E-state index is 11.2. The third-order valence-electron chi connectivity index (χ3n) is 3.38. The van der Waals surface area contributed by atoms with Crippen LogP contribution >= 0.6 is 0 Å². The predicted molar refractivity (Wildman–Crippen MR) is 74.1 cm³/mol. The zero-order valence-electron chi connectivity index (χ0n) is 11.6. The second-order valence-electron chi connectivity index (χ2n) is 5.14. The number of rotatable bonds is 7. The van der Waals surface area contributed by atoms with Crippen LogP contribution in [0.2, 0.25) is 0 Å². The monoisotopic (exact) mass is 277 g/mol. The van der Waals surface area contributed by atoms with Crippen LogP contribution in [0.25, 0.3) is 0 Å². The second-order valence-corrected chi connectivity index (χ2v) is 5.14. The van der Waals surface area contributed by atoms with Gasteiger partial charge >= 0.3 is 5.97 Å². The summed E-state index contributed by atoms with van der Waals surface area (Å²) < 4.78 is 15.8. The van der Waals surface area contributed by atoms with E-state index in [0.717, 1.165) is 32.0 Å². The quantitative estimate of drug-likeness (QED) is 0.430. The molecule has 2 heterocycles. The Hall–Kier alpha value is -1.59. The molecule has 0 bridgehead atoms. The van der Waals surface area contributed by atoms with Crippen LogP contribution < -0.4 is 9.64 Å². The zero-order chi connectivity index (χ0) is 13.9. The van der Waals surface area contributed by atoms with E-state index < -0.39 is 0 Å². The van der Waals surface area contributed by atoms with Gasteiger partial charge in [0.1, 0.15) is 5.75 Å². The fraction of sp³-hybridized carbons (Fsp3) is 0.533. The molecule has 1 aromatic rings. The second kappa shape index (κ2) is 5.81. The average molecular weight is 277 g/mol. The number of hydrogen-bond donors (Lipinski definition) is 0.